The van der Waals surface area contributed by atoms with E-state index in [0.29, 0.717) is 5.15 Å². The van der Waals surface area contributed by atoms with Gasteiger partial charge in [-0.25, -0.2) is 0 Å². The molecule has 18 heavy (non-hydrogen) atoms. The fraction of sp³-hybridized carbons (Fsp3) is 0.214. The molecule has 0 fully saturated rings. The van der Waals surface area contributed by atoms with Crippen molar-refractivity contribution < 1.29 is 0 Å². The molecule has 0 saturated carbocycles. The van der Waals surface area contributed by atoms with Crippen LogP contribution in [0.4, 0.5) is 0 Å². The lowest BCUT2D eigenvalue weighted by Crippen LogP contribution is -2.20. The number of pyridine rings is 1. The zero-order chi connectivity index (χ0) is 12.9. The number of hydrogen-bond donors (Lipinski definition) is 0. The highest BCUT2D eigenvalue weighted by molar-refractivity contribution is 9.10. The van der Waals surface area contributed by atoms with E-state index in [0.717, 1.165) is 34.3 Å². The van der Waals surface area contributed by atoms with E-state index >= 15 is 0 Å². The average Bonchev–Trinajstić information content (AvgIpc) is 2.34. The molecule has 0 N–H and O–H groups in total. The van der Waals surface area contributed by atoms with E-state index in [4.69, 9.17) is 11.6 Å². The number of rotatable bonds is 0. The van der Waals surface area contributed by atoms with Gasteiger partial charge in [-0.15, -0.1) is 0 Å². The highest BCUT2D eigenvalue weighted by Gasteiger charge is 2.20. The van der Waals surface area contributed by atoms with Gasteiger partial charge in [0.25, 0.3) is 0 Å². The second-order valence-corrected chi connectivity index (χ2v) is 5.81. The Morgan fingerprint density at radius 1 is 1.33 bits per heavy atom. The van der Waals surface area contributed by atoms with Crippen LogP contribution in [0.15, 0.2) is 33.5 Å². The summed E-state index contributed by atoms with van der Waals surface area (Å²) in [5.41, 5.74) is 4.10. The lowest BCUT2D eigenvalue weighted by Gasteiger charge is -2.25. The van der Waals surface area contributed by atoms with Gasteiger partial charge < -0.3 is 4.57 Å². The van der Waals surface area contributed by atoms with Gasteiger partial charge >= 0.3 is 0 Å². The Hall–Kier alpha value is -1.06. The van der Waals surface area contributed by atoms with Crippen molar-refractivity contribution in [2.45, 2.75) is 19.9 Å². The highest BCUT2D eigenvalue weighted by Crippen LogP contribution is 2.34. The Bertz CT molecular complexity index is 706. The van der Waals surface area contributed by atoms with Crippen molar-refractivity contribution in [3.63, 3.8) is 0 Å². The number of aromatic nitrogens is 1. The maximum absolute atomic E-state index is 11.9. The summed E-state index contributed by atoms with van der Waals surface area (Å²) in [6, 6.07) is 7.67. The first-order valence-corrected chi connectivity index (χ1v) is 6.94. The Labute approximate surface area is 118 Å². The third kappa shape index (κ3) is 1.73. The second kappa shape index (κ2) is 4.25. The Balaban J connectivity index is 2.39. The molecular weight excluding hydrogens is 314 g/mol. The van der Waals surface area contributed by atoms with Crippen molar-refractivity contribution >= 4 is 27.5 Å². The number of benzene rings is 1. The van der Waals surface area contributed by atoms with Crippen molar-refractivity contribution in [2.75, 3.05) is 0 Å². The summed E-state index contributed by atoms with van der Waals surface area (Å²) in [6.45, 7) is 2.68. The standard InChI is InChI=1S/C14H11BrClNO/c1-8-12(18)7-13(16)17-5-4-9-6-10(15)2-3-11(9)14(8)17/h2-3,6-7H,4-5H2,1H3. The van der Waals surface area contributed by atoms with Crippen LogP contribution in [0, 0.1) is 6.92 Å². The van der Waals surface area contributed by atoms with Gasteiger partial charge in [-0.2, -0.15) is 0 Å². The van der Waals surface area contributed by atoms with Gasteiger partial charge in [-0.05, 0) is 31.0 Å². The minimum absolute atomic E-state index is 0.00187. The molecule has 2 nitrogen and oxygen atoms in total. The molecule has 0 spiro atoms. The molecule has 2 heterocycles. The van der Waals surface area contributed by atoms with Crippen LogP contribution >= 0.6 is 27.5 Å². The van der Waals surface area contributed by atoms with Crippen molar-refractivity contribution in [1.29, 1.82) is 0 Å². The van der Waals surface area contributed by atoms with E-state index in [1.807, 2.05) is 23.6 Å². The molecule has 0 amide bonds. The summed E-state index contributed by atoms with van der Waals surface area (Å²) in [5, 5.41) is 0.522. The lowest BCUT2D eigenvalue weighted by molar-refractivity contribution is 0.676. The maximum Gasteiger partial charge on any atom is 0.186 e. The molecule has 2 aromatic rings. The van der Waals surface area contributed by atoms with Gasteiger partial charge in [0, 0.05) is 28.2 Å². The fourth-order valence-corrected chi connectivity index (χ4v) is 3.20. The number of nitrogens with zero attached hydrogens (tertiary/aromatic N) is 1. The van der Waals surface area contributed by atoms with Crippen LogP contribution in [0.25, 0.3) is 11.3 Å². The molecule has 1 aliphatic heterocycles. The van der Waals surface area contributed by atoms with Crippen LogP contribution in [0.3, 0.4) is 0 Å². The lowest BCUT2D eigenvalue weighted by atomic mass is 9.95. The predicted molar refractivity (Wildman–Crippen MR) is 77.3 cm³/mol. The van der Waals surface area contributed by atoms with E-state index in [1.165, 1.54) is 11.6 Å². The van der Waals surface area contributed by atoms with Gasteiger partial charge in [0.2, 0.25) is 0 Å². The summed E-state index contributed by atoms with van der Waals surface area (Å²) in [5.74, 6) is 0. The van der Waals surface area contributed by atoms with Crippen molar-refractivity contribution in [1.82, 2.24) is 4.57 Å². The molecule has 4 heteroatoms. The number of halogens is 2. The van der Waals surface area contributed by atoms with E-state index in [-0.39, 0.29) is 5.43 Å². The zero-order valence-electron chi connectivity index (χ0n) is 9.84. The van der Waals surface area contributed by atoms with Crippen molar-refractivity contribution in [2.24, 2.45) is 0 Å². The largest absolute Gasteiger partial charge is 0.331 e. The first kappa shape index (κ1) is 12.0. The molecule has 1 aliphatic rings. The molecule has 1 aromatic carbocycles. The molecule has 3 rings (SSSR count). The van der Waals surface area contributed by atoms with E-state index in [9.17, 15) is 4.79 Å². The van der Waals surface area contributed by atoms with Gasteiger partial charge in [-0.1, -0.05) is 33.6 Å². The monoisotopic (exact) mass is 323 g/mol. The Kier molecular flexibility index (Phi) is 2.83. The van der Waals surface area contributed by atoms with Crippen LogP contribution in [0.1, 0.15) is 11.1 Å². The third-order valence-electron chi connectivity index (χ3n) is 3.43. The van der Waals surface area contributed by atoms with Crippen LogP contribution in [0.2, 0.25) is 5.15 Å². The molecule has 0 saturated heterocycles. The number of fused-ring (bicyclic) bond motifs is 3. The van der Waals surface area contributed by atoms with E-state index in [1.54, 1.807) is 0 Å². The van der Waals surface area contributed by atoms with Crippen LogP contribution in [0.5, 0.6) is 0 Å². The molecule has 0 aliphatic carbocycles. The predicted octanol–water partition coefficient (Wildman–Crippen LogP) is 3.80. The molecule has 0 unspecified atom stereocenters. The Morgan fingerprint density at radius 3 is 2.89 bits per heavy atom. The Morgan fingerprint density at radius 2 is 2.11 bits per heavy atom. The van der Waals surface area contributed by atoms with Crippen molar-refractivity contribution in [3.05, 3.63) is 55.2 Å². The number of hydrogen-bond acceptors (Lipinski definition) is 1. The quantitative estimate of drug-likeness (QED) is 0.676. The van der Waals surface area contributed by atoms with Gasteiger partial charge in [0.05, 0.1) is 5.69 Å². The van der Waals surface area contributed by atoms with Crippen LogP contribution < -0.4 is 5.43 Å². The molecule has 1 aromatic heterocycles. The van der Waals surface area contributed by atoms with Gasteiger partial charge in [-0.3, -0.25) is 4.79 Å². The molecule has 0 radical (unpaired) electrons. The normalized spacial score (nSPS) is 13.1. The van der Waals surface area contributed by atoms with Crippen LogP contribution in [-0.2, 0) is 13.0 Å². The SMILES string of the molecule is Cc1c2n(c(Cl)cc1=O)CCc1cc(Br)ccc1-2. The summed E-state index contributed by atoms with van der Waals surface area (Å²) >= 11 is 9.65. The molecule has 0 atom stereocenters. The number of aryl methyl sites for hydroxylation is 1. The third-order valence-corrected chi connectivity index (χ3v) is 4.24. The minimum Gasteiger partial charge on any atom is -0.331 e. The highest BCUT2D eigenvalue weighted by atomic mass is 79.9. The summed E-state index contributed by atoms with van der Waals surface area (Å²) in [7, 11) is 0. The first-order valence-electron chi connectivity index (χ1n) is 5.76. The van der Waals surface area contributed by atoms with Crippen LogP contribution in [-0.4, -0.2) is 4.57 Å². The van der Waals surface area contributed by atoms with E-state index in [2.05, 4.69) is 22.0 Å². The summed E-state index contributed by atoms with van der Waals surface area (Å²) in [6.07, 6.45) is 0.934. The van der Waals surface area contributed by atoms with Gasteiger partial charge in [0.1, 0.15) is 5.15 Å². The second-order valence-electron chi connectivity index (χ2n) is 4.51. The molecule has 92 valence electrons. The summed E-state index contributed by atoms with van der Waals surface area (Å²) in [4.78, 5) is 11.9. The van der Waals surface area contributed by atoms with E-state index < -0.39 is 0 Å². The summed E-state index contributed by atoms with van der Waals surface area (Å²) < 4.78 is 3.09. The fourth-order valence-electron chi connectivity index (χ4n) is 2.52. The molecule has 0 bridgehead atoms. The zero-order valence-corrected chi connectivity index (χ0v) is 12.2. The van der Waals surface area contributed by atoms with Gasteiger partial charge in [0.15, 0.2) is 5.43 Å². The minimum atomic E-state index is 0.00187. The first-order chi connectivity index (χ1) is 8.58. The maximum atomic E-state index is 11.9. The average molecular weight is 325 g/mol. The smallest absolute Gasteiger partial charge is 0.186 e. The van der Waals surface area contributed by atoms with Crippen molar-refractivity contribution in [3.8, 4) is 11.3 Å². The molecular formula is C14H11BrClNO. The topological polar surface area (TPSA) is 22.0 Å².